The zero-order valence-corrected chi connectivity index (χ0v) is 14.4. The third-order valence-electron chi connectivity index (χ3n) is 3.44. The Morgan fingerprint density at radius 1 is 1.12 bits per heavy atom. The molecule has 26 heavy (non-hydrogen) atoms. The average molecular weight is 400 g/mol. The summed E-state index contributed by atoms with van der Waals surface area (Å²) < 4.78 is 43.6. The van der Waals surface area contributed by atoms with Gasteiger partial charge in [-0.2, -0.15) is 13.2 Å². The number of hydrogen-bond acceptors (Lipinski definition) is 4. The standard InChI is InChI=1S/C17H9ClF3NO3S/c18-13-8-10(17(19,20)21)3-6-15(13)25-11-4-5-14(22(23)24)12(9-11)16-2-1-7-26-16/h1-9H. The smallest absolute Gasteiger partial charge is 0.416 e. The molecule has 0 spiro atoms. The summed E-state index contributed by atoms with van der Waals surface area (Å²) in [4.78, 5) is 11.4. The second kappa shape index (κ2) is 6.97. The first-order chi connectivity index (χ1) is 12.3. The minimum Gasteiger partial charge on any atom is -0.456 e. The van der Waals surface area contributed by atoms with Crippen molar-refractivity contribution in [1.29, 1.82) is 0 Å². The van der Waals surface area contributed by atoms with Crippen molar-refractivity contribution in [2.45, 2.75) is 6.18 Å². The molecule has 0 bridgehead atoms. The lowest BCUT2D eigenvalue weighted by Crippen LogP contribution is -2.04. The second-order valence-corrected chi connectivity index (χ2v) is 6.51. The molecule has 0 aliphatic heterocycles. The van der Waals surface area contributed by atoms with E-state index >= 15 is 0 Å². The summed E-state index contributed by atoms with van der Waals surface area (Å²) in [6.07, 6.45) is -4.51. The highest BCUT2D eigenvalue weighted by Gasteiger charge is 2.31. The Hall–Kier alpha value is -2.58. The van der Waals surface area contributed by atoms with Gasteiger partial charge in [-0.05, 0) is 41.8 Å². The van der Waals surface area contributed by atoms with Crippen LogP contribution in [0.1, 0.15) is 5.56 Å². The van der Waals surface area contributed by atoms with Gasteiger partial charge in [-0.15, -0.1) is 11.3 Å². The predicted octanol–water partition coefficient (Wildman–Crippen LogP) is 6.79. The molecule has 2 aromatic carbocycles. The molecule has 4 nitrogen and oxygen atoms in total. The molecule has 0 N–H and O–H groups in total. The lowest BCUT2D eigenvalue weighted by Gasteiger charge is -2.12. The van der Waals surface area contributed by atoms with Crippen molar-refractivity contribution in [3.8, 4) is 21.9 Å². The molecule has 3 aromatic rings. The number of hydrogen-bond donors (Lipinski definition) is 0. The Bertz CT molecular complexity index is 958. The van der Waals surface area contributed by atoms with Crippen LogP contribution in [0.5, 0.6) is 11.5 Å². The maximum absolute atomic E-state index is 12.7. The van der Waals surface area contributed by atoms with E-state index in [1.165, 1.54) is 29.5 Å². The van der Waals surface area contributed by atoms with Crippen molar-refractivity contribution in [3.05, 3.63) is 74.6 Å². The molecule has 0 radical (unpaired) electrons. The zero-order chi connectivity index (χ0) is 18.9. The van der Waals surface area contributed by atoms with Crippen molar-refractivity contribution in [3.63, 3.8) is 0 Å². The van der Waals surface area contributed by atoms with Crippen molar-refractivity contribution in [2.24, 2.45) is 0 Å². The van der Waals surface area contributed by atoms with Gasteiger partial charge in [0.2, 0.25) is 0 Å². The van der Waals surface area contributed by atoms with Crippen LogP contribution in [-0.2, 0) is 6.18 Å². The third-order valence-corrected chi connectivity index (χ3v) is 4.64. The van der Waals surface area contributed by atoms with E-state index in [-0.39, 0.29) is 22.2 Å². The van der Waals surface area contributed by atoms with Crippen LogP contribution in [0.25, 0.3) is 10.4 Å². The Balaban J connectivity index is 1.96. The van der Waals surface area contributed by atoms with Gasteiger partial charge >= 0.3 is 6.18 Å². The SMILES string of the molecule is O=[N+]([O-])c1ccc(Oc2ccc(C(F)(F)F)cc2Cl)cc1-c1cccs1. The van der Waals surface area contributed by atoms with Crippen LogP contribution in [0.15, 0.2) is 53.9 Å². The first-order valence-corrected chi connectivity index (χ1v) is 8.38. The molecule has 3 rings (SSSR count). The summed E-state index contributed by atoms with van der Waals surface area (Å²) in [6.45, 7) is 0. The maximum Gasteiger partial charge on any atom is 0.416 e. The van der Waals surface area contributed by atoms with Gasteiger partial charge < -0.3 is 4.74 Å². The van der Waals surface area contributed by atoms with Crippen molar-refractivity contribution in [2.75, 3.05) is 0 Å². The first kappa shape index (κ1) is 18.2. The highest BCUT2D eigenvalue weighted by atomic mass is 35.5. The molecule has 134 valence electrons. The molecule has 0 fully saturated rings. The lowest BCUT2D eigenvalue weighted by atomic mass is 10.1. The number of nitro groups is 1. The number of alkyl halides is 3. The summed E-state index contributed by atoms with van der Waals surface area (Å²) >= 11 is 7.19. The largest absolute Gasteiger partial charge is 0.456 e. The van der Waals surface area contributed by atoms with Crippen LogP contribution >= 0.6 is 22.9 Å². The Morgan fingerprint density at radius 2 is 1.88 bits per heavy atom. The van der Waals surface area contributed by atoms with Crippen molar-refractivity contribution in [1.82, 2.24) is 0 Å². The highest BCUT2D eigenvalue weighted by Crippen LogP contribution is 2.39. The van der Waals surface area contributed by atoms with Gasteiger partial charge in [0, 0.05) is 10.9 Å². The van der Waals surface area contributed by atoms with Gasteiger partial charge in [-0.25, -0.2) is 0 Å². The van der Waals surface area contributed by atoms with Gasteiger partial charge in [0.1, 0.15) is 11.5 Å². The van der Waals surface area contributed by atoms with Gasteiger partial charge in [-0.3, -0.25) is 10.1 Å². The topological polar surface area (TPSA) is 52.4 Å². The zero-order valence-electron chi connectivity index (χ0n) is 12.8. The average Bonchev–Trinajstić information content (AvgIpc) is 3.10. The fraction of sp³-hybridized carbons (Fsp3) is 0.0588. The summed E-state index contributed by atoms with van der Waals surface area (Å²) in [6, 6.07) is 10.3. The number of halogens is 4. The number of rotatable bonds is 4. The van der Waals surface area contributed by atoms with E-state index in [4.69, 9.17) is 16.3 Å². The Morgan fingerprint density at radius 3 is 2.46 bits per heavy atom. The van der Waals surface area contributed by atoms with Crippen LogP contribution in [0.2, 0.25) is 5.02 Å². The van der Waals surface area contributed by atoms with E-state index < -0.39 is 16.7 Å². The number of nitrogens with zero attached hydrogens (tertiary/aromatic N) is 1. The molecule has 1 heterocycles. The Labute approximate surface area is 154 Å². The molecule has 0 saturated carbocycles. The van der Waals surface area contributed by atoms with E-state index in [2.05, 4.69) is 0 Å². The fourth-order valence-electron chi connectivity index (χ4n) is 2.25. The summed E-state index contributed by atoms with van der Waals surface area (Å²) in [5, 5.41) is 12.8. The highest BCUT2D eigenvalue weighted by molar-refractivity contribution is 7.13. The van der Waals surface area contributed by atoms with Crippen molar-refractivity contribution >= 4 is 28.6 Å². The van der Waals surface area contributed by atoms with Gasteiger partial charge in [-0.1, -0.05) is 17.7 Å². The summed E-state index contributed by atoms with van der Waals surface area (Å²) in [7, 11) is 0. The minimum absolute atomic E-state index is 0.0191. The summed E-state index contributed by atoms with van der Waals surface area (Å²) in [5.74, 6) is 0.242. The molecular weight excluding hydrogens is 391 g/mol. The number of thiophene rings is 1. The van der Waals surface area contributed by atoms with Crippen LogP contribution in [0, 0.1) is 10.1 Å². The van der Waals surface area contributed by atoms with E-state index in [1.807, 2.05) is 0 Å². The maximum atomic E-state index is 12.7. The fourth-order valence-corrected chi connectivity index (χ4v) is 3.22. The van der Waals surface area contributed by atoms with Crippen LogP contribution in [0.3, 0.4) is 0 Å². The van der Waals surface area contributed by atoms with E-state index in [1.54, 1.807) is 17.5 Å². The molecule has 0 unspecified atom stereocenters. The number of ether oxygens (including phenoxy) is 1. The molecule has 0 aliphatic carbocycles. The number of nitro benzene ring substituents is 1. The summed E-state index contributed by atoms with van der Waals surface area (Å²) in [5.41, 5.74) is -0.637. The first-order valence-electron chi connectivity index (χ1n) is 7.12. The van der Waals surface area contributed by atoms with E-state index in [9.17, 15) is 23.3 Å². The molecule has 0 amide bonds. The molecule has 0 saturated heterocycles. The van der Waals surface area contributed by atoms with Crippen LogP contribution in [0.4, 0.5) is 18.9 Å². The second-order valence-electron chi connectivity index (χ2n) is 5.16. The van der Waals surface area contributed by atoms with E-state index in [0.29, 0.717) is 10.4 Å². The van der Waals surface area contributed by atoms with Gasteiger partial charge in [0.25, 0.3) is 5.69 Å². The normalized spacial score (nSPS) is 11.4. The van der Waals surface area contributed by atoms with E-state index in [0.717, 1.165) is 18.2 Å². The molecule has 1 aromatic heterocycles. The Kier molecular flexibility index (Phi) is 4.88. The number of benzene rings is 2. The van der Waals surface area contributed by atoms with Gasteiger partial charge in [0.15, 0.2) is 0 Å². The lowest BCUT2D eigenvalue weighted by molar-refractivity contribution is -0.384. The predicted molar refractivity (Wildman–Crippen MR) is 92.9 cm³/mol. The van der Waals surface area contributed by atoms with Gasteiger partial charge in [0.05, 0.1) is 21.1 Å². The van der Waals surface area contributed by atoms with Crippen LogP contribution < -0.4 is 4.74 Å². The van der Waals surface area contributed by atoms with Crippen LogP contribution in [-0.4, -0.2) is 4.92 Å². The minimum atomic E-state index is -4.51. The molecular formula is C17H9ClF3NO3S. The van der Waals surface area contributed by atoms with Crippen molar-refractivity contribution < 1.29 is 22.8 Å². The molecule has 0 atom stereocenters. The third kappa shape index (κ3) is 3.81. The monoisotopic (exact) mass is 399 g/mol. The molecule has 9 heteroatoms. The molecule has 0 aliphatic rings. The quantitative estimate of drug-likeness (QED) is 0.358.